The summed E-state index contributed by atoms with van der Waals surface area (Å²) < 4.78 is 5.74. The van der Waals surface area contributed by atoms with Gasteiger partial charge >= 0.3 is 0 Å². The van der Waals surface area contributed by atoms with Crippen molar-refractivity contribution in [2.24, 2.45) is 5.92 Å². The predicted octanol–water partition coefficient (Wildman–Crippen LogP) is 7.60. The highest BCUT2D eigenvalue weighted by Gasteiger charge is 2.11. The molecule has 0 heterocycles. The van der Waals surface area contributed by atoms with Crippen LogP contribution in [0, 0.1) is 5.92 Å². The molecule has 2 nitrogen and oxygen atoms in total. The van der Waals surface area contributed by atoms with Gasteiger partial charge in [-0.05, 0) is 50.3 Å². The summed E-state index contributed by atoms with van der Waals surface area (Å²) in [5, 5.41) is 0. The first-order chi connectivity index (χ1) is 14.5. The second-order valence-electron chi connectivity index (χ2n) is 7.45. The van der Waals surface area contributed by atoms with Crippen molar-refractivity contribution >= 4 is 12.4 Å². The molecule has 0 amide bonds. The molecule has 2 aromatic rings. The van der Waals surface area contributed by atoms with Crippen LogP contribution in [0.3, 0.4) is 0 Å². The van der Waals surface area contributed by atoms with Crippen molar-refractivity contribution in [3.8, 4) is 0 Å². The van der Waals surface area contributed by atoms with E-state index >= 15 is 0 Å². The van der Waals surface area contributed by atoms with Gasteiger partial charge < -0.3 is 9.53 Å². The van der Waals surface area contributed by atoms with Crippen molar-refractivity contribution in [2.45, 2.75) is 46.6 Å². The lowest BCUT2D eigenvalue weighted by atomic mass is 9.98. The Kier molecular flexibility index (Phi) is 12.8. The van der Waals surface area contributed by atoms with Crippen LogP contribution in [0.5, 0.6) is 0 Å². The van der Waals surface area contributed by atoms with Crippen LogP contribution in [-0.4, -0.2) is 12.9 Å². The Hall–Kier alpha value is -2.71. The molecule has 30 heavy (non-hydrogen) atoms. The first-order valence-corrected chi connectivity index (χ1v) is 10.6. The minimum absolute atomic E-state index is 0.00222. The molecule has 2 rings (SSSR count). The van der Waals surface area contributed by atoms with Crippen LogP contribution >= 0.6 is 0 Å². The highest BCUT2D eigenvalue weighted by molar-refractivity contribution is 5.57. The van der Waals surface area contributed by atoms with Gasteiger partial charge in [-0.2, -0.15) is 0 Å². The van der Waals surface area contributed by atoms with Gasteiger partial charge in [-0.1, -0.05) is 98.0 Å². The van der Waals surface area contributed by atoms with Gasteiger partial charge in [-0.3, -0.25) is 0 Å². The number of ether oxygens (including phenoxy) is 1. The number of hydrogen-bond acceptors (Lipinski definition) is 2. The van der Waals surface area contributed by atoms with Crippen LogP contribution < -0.4 is 0 Å². The average molecular weight is 405 g/mol. The summed E-state index contributed by atoms with van der Waals surface area (Å²) in [4.78, 5) is 10.7. The van der Waals surface area contributed by atoms with Crippen molar-refractivity contribution in [1.82, 2.24) is 0 Å². The lowest BCUT2D eigenvalue weighted by Crippen LogP contribution is -2.05. The molecule has 2 heteroatoms. The fourth-order valence-electron chi connectivity index (χ4n) is 2.99. The Morgan fingerprint density at radius 1 is 1.03 bits per heavy atom. The number of allylic oxidation sites excluding steroid dienone is 2. The van der Waals surface area contributed by atoms with Gasteiger partial charge in [-0.15, -0.1) is 0 Å². The van der Waals surface area contributed by atoms with Gasteiger partial charge in [0.15, 0.2) is 0 Å². The second kappa shape index (κ2) is 15.2. The van der Waals surface area contributed by atoms with E-state index in [1.165, 1.54) is 11.1 Å². The van der Waals surface area contributed by atoms with Crippen LogP contribution in [0.15, 0.2) is 90.5 Å². The van der Waals surface area contributed by atoms with Crippen molar-refractivity contribution in [2.75, 3.05) is 6.61 Å². The van der Waals surface area contributed by atoms with Gasteiger partial charge in [0.2, 0.25) is 0 Å². The summed E-state index contributed by atoms with van der Waals surface area (Å²) in [6.45, 7) is 12.7. The molecule has 0 radical (unpaired) electrons. The van der Waals surface area contributed by atoms with Crippen LogP contribution in [-0.2, 0) is 9.53 Å². The summed E-state index contributed by atoms with van der Waals surface area (Å²) >= 11 is 0. The van der Waals surface area contributed by atoms with Gasteiger partial charge in [0.25, 0.3) is 0 Å². The molecule has 2 atom stereocenters. The summed E-state index contributed by atoms with van der Waals surface area (Å²) in [5.74, 6) is 0.171. The molecule has 2 unspecified atom stereocenters. The molecule has 0 spiro atoms. The van der Waals surface area contributed by atoms with Gasteiger partial charge in [0, 0.05) is 5.92 Å². The minimum Gasteiger partial charge on any atom is -0.365 e. The average Bonchev–Trinajstić information content (AvgIpc) is 2.76. The molecule has 160 valence electrons. The normalized spacial score (nSPS) is 13.3. The first-order valence-electron chi connectivity index (χ1n) is 10.6. The molecular formula is C28H36O2. The van der Waals surface area contributed by atoms with Gasteiger partial charge in [0.1, 0.15) is 12.4 Å². The molecule has 0 saturated carbocycles. The standard InChI is InChI=1S/2C14H18O/c1-4-5-11-15-14(12(2)3)13-9-7-6-8-10-13;1-3-13(11-15)9-12(2)10-14-7-5-4-6-8-14/h4-10,14H,2,11H2,1,3H3;4-8,10-11,13H,3,9H2,1-2H3. The fraction of sp³-hybridized carbons (Fsp3) is 0.321. The monoisotopic (exact) mass is 404 g/mol. The maximum Gasteiger partial charge on any atom is 0.123 e. The van der Waals surface area contributed by atoms with Crippen molar-refractivity contribution in [1.29, 1.82) is 0 Å². The zero-order valence-corrected chi connectivity index (χ0v) is 18.9. The van der Waals surface area contributed by atoms with E-state index in [-0.39, 0.29) is 12.0 Å². The highest BCUT2D eigenvalue weighted by Crippen LogP contribution is 2.23. The van der Waals surface area contributed by atoms with Crippen molar-refractivity contribution < 1.29 is 9.53 Å². The van der Waals surface area contributed by atoms with Crippen LogP contribution in [0.4, 0.5) is 0 Å². The molecule has 0 aliphatic rings. The SMILES string of the molecule is C=C(C)C(OCC=CC)c1ccccc1.CCC(C=O)CC(C)=Cc1ccccc1. The molecule has 0 N–H and O–H groups in total. The first kappa shape index (κ1) is 25.3. The molecular weight excluding hydrogens is 368 g/mol. The molecule has 0 aliphatic heterocycles. The summed E-state index contributed by atoms with van der Waals surface area (Å²) in [6, 6.07) is 20.4. The van der Waals surface area contributed by atoms with Crippen molar-refractivity contribution in [3.63, 3.8) is 0 Å². The third-order valence-electron chi connectivity index (χ3n) is 4.66. The smallest absolute Gasteiger partial charge is 0.123 e. The zero-order chi connectivity index (χ0) is 22.2. The quantitative estimate of drug-likeness (QED) is 0.301. The maximum absolute atomic E-state index is 10.7. The van der Waals surface area contributed by atoms with Crippen LogP contribution in [0.1, 0.15) is 57.8 Å². The Balaban J connectivity index is 0.000000300. The fourth-order valence-corrected chi connectivity index (χ4v) is 2.99. The second-order valence-corrected chi connectivity index (χ2v) is 7.45. The van der Waals surface area contributed by atoms with E-state index in [9.17, 15) is 4.79 Å². The predicted molar refractivity (Wildman–Crippen MR) is 129 cm³/mol. The van der Waals surface area contributed by atoms with E-state index in [4.69, 9.17) is 4.74 Å². The molecule has 0 aromatic heterocycles. The van der Waals surface area contributed by atoms with Gasteiger partial charge in [0.05, 0.1) is 6.61 Å². The molecule has 0 fully saturated rings. The summed E-state index contributed by atoms with van der Waals surface area (Å²) in [7, 11) is 0. The molecule has 2 aromatic carbocycles. The molecule has 0 aliphatic carbocycles. The number of carbonyl (C=O) groups is 1. The number of aldehydes is 1. The number of benzene rings is 2. The Morgan fingerprint density at radius 2 is 1.63 bits per heavy atom. The summed E-state index contributed by atoms with van der Waals surface area (Å²) in [5.41, 5.74) is 4.66. The maximum atomic E-state index is 10.7. The third kappa shape index (κ3) is 10.2. The van der Waals surface area contributed by atoms with E-state index in [0.717, 1.165) is 30.3 Å². The van der Waals surface area contributed by atoms with E-state index in [1.54, 1.807) is 0 Å². The largest absolute Gasteiger partial charge is 0.365 e. The van der Waals surface area contributed by atoms with Crippen LogP contribution in [0.2, 0.25) is 0 Å². The number of rotatable bonds is 10. The van der Waals surface area contributed by atoms with Crippen molar-refractivity contribution in [3.05, 3.63) is 102 Å². The number of hydrogen-bond donors (Lipinski definition) is 0. The molecule has 0 saturated heterocycles. The van der Waals surface area contributed by atoms with Gasteiger partial charge in [-0.25, -0.2) is 0 Å². The lowest BCUT2D eigenvalue weighted by molar-refractivity contribution is -0.111. The topological polar surface area (TPSA) is 26.3 Å². The third-order valence-corrected chi connectivity index (χ3v) is 4.66. The molecule has 0 bridgehead atoms. The highest BCUT2D eigenvalue weighted by atomic mass is 16.5. The number of carbonyl (C=O) groups excluding carboxylic acids is 1. The summed E-state index contributed by atoms with van der Waals surface area (Å²) in [6.07, 6.45) is 8.98. The van der Waals surface area contributed by atoms with Crippen LogP contribution in [0.25, 0.3) is 6.08 Å². The Bertz CT molecular complexity index is 788. The van der Waals surface area contributed by atoms with E-state index < -0.39 is 0 Å². The Morgan fingerprint density at radius 3 is 2.13 bits per heavy atom. The van der Waals surface area contributed by atoms with E-state index in [1.807, 2.05) is 62.4 Å². The van der Waals surface area contributed by atoms with E-state index in [2.05, 4.69) is 50.8 Å². The lowest BCUT2D eigenvalue weighted by Gasteiger charge is -2.17. The van der Waals surface area contributed by atoms with E-state index in [0.29, 0.717) is 6.61 Å². The zero-order valence-electron chi connectivity index (χ0n) is 18.9. The minimum atomic E-state index is 0.00222. The Labute approximate surface area is 183 Å².